The highest BCUT2D eigenvalue weighted by molar-refractivity contribution is 8.00. The van der Waals surface area contributed by atoms with Crippen molar-refractivity contribution in [1.82, 2.24) is 19.9 Å². The van der Waals surface area contributed by atoms with Crippen LogP contribution >= 0.6 is 11.8 Å². The number of H-pyrrole nitrogens is 1. The van der Waals surface area contributed by atoms with E-state index >= 15 is 0 Å². The number of fused-ring (bicyclic) bond motifs is 1. The average molecular weight is 631 g/mol. The molecule has 0 saturated heterocycles. The van der Waals surface area contributed by atoms with Crippen LogP contribution in [0.25, 0.3) is 28.0 Å². The van der Waals surface area contributed by atoms with Crippen LogP contribution in [0.4, 0.5) is 13.2 Å². The number of aromatic amines is 1. The van der Waals surface area contributed by atoms with Gasteiger partial charge in [-0.2, -0.15) is 18.2 Å². The molecule has 0 saturated carbocycles. The summed E-state index contributed by atoms with van der Waals surface area (Å²) >= 11 is -0.253. The first-order valence-electron chi connectivity index (χ1n) is 14.2. The number of nitrogens with two attached hydrogens (primary N) is 3. The Morgan fingerprint density at radius 1 is 1.11 bits per heavy atom. The Labute approximate surface area is 257 Å². The molecule has 3 atom stereocenters. The highest BCUT2D eigenvalue weighted by Crippen LogP contribution is 2.40. The van der Waals surface area contributed by atoms with Gasteiger partial charge in [-0.05, 0) is 105 Å². The Bertz CT molecular complexity index is 1650. The summed E-state index contributed by atoms with van der Waals surface area (Å²) in [4.78, 5) is 24.1. The molecule has 4 rings (SSSR count). The summed E-state index contributed by atoms with van der Waals surface area (Å²) in [5, 5.41) is 14.7. The molecule has 44 heavy (non-hydrogen) atoms. The van der Waals surface area contributed by atoms with Crippen LogP contribution in [-0.2, 0) is 0 Å². The van der Waals surface area contributed by atoms with Crippen molar-refractivity contribution in [3.8, 4) is 16.9 Å². The van der Waals surface area contributed by atoms with E-state index in [9.17, 15) is 23.1 Å². The van der Waals surface area contributed by atoms with Crippen molar-refractivity contribution in [2.45, 2.75) is 61.7 Å². The SMILES string of the molecule is C[C@H](N)CC[C@@H](O)c1cc(SC(F)(F)F)cc(-c2cc3cn(-c4ccc([C@H](C)NCCCN=C(N)N)cc4)c(=O)nc3[nH]2)c1. The van der Waals surface area contributed by atoms with Gasteiger partial charge in [0.05, 0.1) is 11.8 Å². The number of aliphatic hydroxyl groups excluding tert-OH is 1. The van der Waals surface area contributed by atoms with Gasteiger partial charge in [0.1, 0.15) is 5.65 Å². The Balaban J connectivity index is 1.58. The molecule has 0 aliphatic carbocycles. The molecule has 0 spiro atoms. The van der Waals surface area contributed by atoms with E-state index in [1.807, 2.05) is 31.2 Å². The Kier molecular flexibility index (Phi) is 10.7. The number of halogens is 3. The number of aliphatic hydroxyl groups is 1. The molecule has 0 amide bonds. The van der Waals surface area contributed by atoms with Crippen molar-refractivity contribution >= 4 is 28.8 Å². The number of nitrogens with zero attached hydrogens (tertiary/aromatic N) is 3. The van der Waals surface area contributed by atoms with Crippen LogP contribution in [0.15, 0.2) is 69.4 Å². The van der Waals surface area contributed by atoms with Gasteiger partial charge in [-0.3, -0.25) is 9.56 Å². The largest absolute Gasteiger partial charge is 0.446 e. The molecule has 4 aromatic rings. The van der Waals surface area contributed by atoms with Crippen LogP contribution in [0.5, 0.6) is 0 Å². The molecule has 0 bridgehead atoms. The number of guanidine groups is 1. The standard InChI is InChI=1S/C30H37F3N8O2S/c1-17(34)4-9-26(42)21-12-20(13-24(14-21)44-30(31,32)33)25-15-22-16-41(29(43)40-27(22)39-25)23-7-5-19(6-8-23)18(2)37-10-3-11-38-28(35)36/h5-8,12-18,26,37,42H,3-4,9-11,34H2,1-2H3,(H4,35,36,38)(H,39,40,43)/t17-,18-,26+/m0/s1. The van der Waals surface area contributed by atoms with E-state index in [4.69, 9.17) is 17.2 Å². The molecular weight excluding hydrogens is 593 g/mol. The van der Waals surface area contributed by atoms with Crippen LogP contribution in [0, 0.1) is 0 Å². The number of rotatable bonds is 13. The summed E-state index contributed by atoms with van der Waals surface area (Å²) in [6.07, 6.45) is 2.24. The van der Waals surface area contributed by atoms with Crippen molar-refractivity contribution < 1.29 is 18.3 Å². The smallest absolute Gasteiger partial charge is 0.388 e. The number of thioether (sulfide) groups is 1. The predicted molar refractivity (Wildman–Crippen MR) is 169 cm³/mol. The second-order valence-electron chi connectivity index (χ2n) is 10.7. The van der Waals surface area contributed by atoms with Crippen LogP contribution < -0.4 is 28.2 Å². The fourth-order valence-corrected chi connectivity index (χ4v) is 5.38. The second-order valence-corrected chi connectivity index (χ2v) is 11.9. The maximum Gasteiger partial charge on any atom is 0.446 e. The van der Waals surface area contributed by atoms with E-state index < -0.39 is 17.3 Å². The van der Waals surface area contributed by atoms with Crippen LogP contribution in [0.1, 0.15) is 56.4 Å². The molecule has 10 nitrogen and oxygen atoms in total. The molecule has 14 heteroatoms. The third-order valence-corrected chi connectivity index (χ3v) is 7.72. The number of alkyl halides is 3. The Hall–Kier alpha value is -3.85. The van der Waals surface area contributed by atoms with Crippen LogP contribution in [-0.4, -0.2) is 50.2 Å². The summed E-state index contributed by atoms with van der Waals surface area (Å²) in [5.74, 6) is 0.0689. The number of hydrogen-bond acceptors (Lipinski definition) is 7. The van der Waals surface area contributed by atoms with E-state index in [1.54, 1.807) is 25.3 Å². The van der Waals surface area contributed by atoms with Crippen LogP contribution in [0.3, 0.4) is 0 Å². The van der Waals surface area contributed by atoms with Crippen LogP contribution in [0.2, 0.25) is 0 Å². The van der Waals surface area contributed by atoms with Gasteiger partial charge >= 0.3 is 11.2 Å². The second kappa shape index (κ2) is 14.3. The van der Waals surface area contributed by atoms with Gasteiger partial charge in [-0.25, -0.2) is 4.79 Å². The number of aromatic nitrogens is 3. The molecule has 9 N–H and O–H groups in total. The molecule has 0 aliphatic heterocycles. The average Bonchev–Trinajstić information content (AvgIpc) is 3.37. The molecule has 2 heterocycles. The predicted octanol–water partition coefficient (Wildman–Crippen LogP) is 4.47. The normalized spacial score (nSPS) is 14.0. The fraction of sp³-hybridized carbons (Fsp3) is 0.367. The van der Waals surface area contributed by atoms with Crippen molar-refractivity contribution in [3.63, 3.8) is 0 Å². The molecule has 0 fully saturated rings. The van der Waals surface area contributed by atoms with Gasteiger partial charge < -0.3 is 32.6 Å². The minimum Gasteiger partial charge on any atom is -0.388 e. The number of aliphatic imine (C=N–C) groups is 1. The summed E-state index contributed by atoms with van der Waals surface area (Å²) in [7, 11) is 0. The van der Waals surface area contributed by atoms with E-state index in [0.717, 1.165) is 18.5 Å². The zero-order chi connectivity index (χ0) is 32.0. The Morgan fingerprint density at radius 2 is 1.84 bits per heavy atom. The Morgan fingerprint density at radius 3 is 2.50 bits per heavy atom. The van der Waals surface area contributed by atoms with E-state index in [2.05, 4.69) is 20.3 Å². The summed E-state index contributed by atoms with van der Waals surface area (Å²) in [5.41, 5.74) is 14.6. The number of nitrogens with one attached hydrogen (secondary N) is 2. The van der Waals surface area contributed by atoms with Crippen molar-refractivity contribution in [1.29, 1.82) is 0 Å². The molecule has 0 aliphatic rings. The monoisotopic (exact) mass is 630 g/mol. The van der Waals surface area contributed by atoms with E-state index in [1.165, 1.54) is 16.7 Å². The zero-order valence-electron chi connectivity index (χ0n) is 24.4. The first-order chi connectivity index (χ1) is 20.8. The lowest BCUT2D eigenvalue weighted by Crippen LogP contribution is -2.24. The van der Waals surface area contributed by atoms with Gasteiger partial charge in [0.2, 0.25) is 0 Å². The third kappa shape index (κ3) is 9.08. The summed E-state index contributed by atoms with van der Waals surface area (Å²) in [6.45, 7) is 5.09. The first kappa shape index (κ1) is 33.1. The third-order valence-electron chi connectivity index (χ3n) is 7.01. The van der Waals surface area contributed by atoms with E-state index in [-0.39, 0.29) is 34.7 Å². The van der Waals surface area contributed by atoms with Crippen molar-refractivity contribution in [3.05, 3.63) is 76.3 Å². The highest BCUT2D eigenvalue weighted by Gasteiger charge is 2.30. The van der Waals surface area contributed by atoms with Crippen molar-refractivity contribution in [2.75, 3.05) is 13.1 Å². The minimum atomic E-state index is -4.50. The lowest BCUT2D eigenvalue weighted by atomic mass is 9.99. The van der Waals surface area contributed by atoms with Gasteiger partial charge in [-0.1, -0.05) is 12.1 Å². The quantitative estimate of drug-likeness (QED) is 0.0543. The number of hydrogen-bond donors (Lipinski definition) is 6. The topological polar surface area (TPSA) is 173 Å². The minimum absolute atomic E-state index is 0.0567. The molecule has 236 valence electrons. The van der Waals surface area contributed by atoms with E-state index in [0.29, 0.717) is 52.9 Å². The molecule has 2 aromatic heterocycles. The van der Waals surface area contributed by atoms with Gasteiger partial charge in [0.25, 0.3) is 0 Å². The van der Waals surface area contributed by atoms with Gasteiger partial charge in [0.15, 0.2) is 5.96 Å². The van der Waals surface area contributed by atoms with Gasteiger partial charge in [-0.15, -0.1) is 0 Å². The molecule has 2 aromatic carbocycles. The maximum atomic E-state index is 13.3. The van der Waals surface area contributed by atoms with Crippen molar-refractivity contribution in [2.24, 2.45) is 22.2 Å². The summed E-state index contributed by atoms with van der Waals surface area (Å²) in [6, 6.07) is 13.5. The maximum absolute atomic E-state index is 13.3. The molecular formula is C30H37F3N8O2S. The molecule has 0 unspecified atom stereocenters. The zero-order valence-corrected chi connectivity index (χ0v) is 25.3. The number of benzene rings is 2. The fourth-order valence-electron chi connectivity index (χ4n) is 4.73. The van der Waals surface area contributed by atoms with Gasteiger partial charge in [0, 0.05) is 40.8 Å². The first-order valence-corrected chi connectivity index (χ1v) is 15.0. The lowest BCUT2D eigenvalue weighted by molar-refractivity contribution is -0.0328. The highest BCUT2D eigenvalue weighted by atomic mass is 32.2. The summed E-state index contributed by atoms with van der Waals surface area (Å²) < 4.78 is 41.2. The molecule has 0 radical (unpaired) electrons. The lowest BCUT2D eigenvalue weighted by Gasteiger charge is -2.16.